The molecule has 0 bridgehead atoms. The lowest BCUT2D eigenvalue weighted by Gasteiger charge is -2.16. The summed E-state index contributed by atoms with van der Waals surface area (Å²) in [5.41, 5.74) is 2.37. The van der Waals surface area contributed by atoms with Gasteiger partial charge >= 0.3 is 0 Å². The van der Waals surface area contributed by atoms with Crippen LogP contribution in [-0.4, -0.2) is 5.11 Å². The van der Waals surface area contributed by atoms with Crippen molar-refractivity contribution < 1.29 is 5.11 Å². The molecule has 0 aliphatic heterocycles. The zero-order valence-electron chi connectivity index (χ0n) is 10.4. The summed E-state index contributed by atoms with van der Waals surface area (Å²) in [5, 5.41) is 21.8. The lowest BCUT2D eigenvalue weighted by atomic mass is 10.1. The smallest absolute Gasteiger partial charge is 0.115 e. The fourth-order valence-corrected chi connectivity index (χ4v) is 2.01. The van der Waals surface area contributed by atoms with E-state index < -0.39 is 0 Å². The van der Waals surface area contributed by atoms with Crippen LogP contribution in [0.4, 0.5) is 5.69 Å². The van der Waals surface area contributed by atoms with Crippen molar-refractivity contribution in [2.24, 2.45) is 0 Å². The highest BCUT2D eigenvalue weighted by Gasteiger charge is 2.07. The number of aromatic hydroxyl groups is 1. The number of anilines is 1. The maximum absolute atomic E-state index is 9.25. The van der Waals surface area contributed by atoms with Crippen LogP contribution in [-0.2, 0) is 0 Å². The Labute approximate surface area is 117 Å². The molecule has 0 aliphatic rings. The van der Waals surface area contributed by atoms with Gasteiger partial charge in [-0.05, 0) is 42.8 Å². The van der Waals surface area contributed by atoms with Crippen LogP contribution in [0.25, 0.3) is 0 Å². The number of nitriles is 1. The van der Waals surface area contributed by atoms with E-state index in [4.69, 9.17) is 16.9 Å². The lowest BCUT2D eigenvalue weighted by molar-refractivity contribution is 0.475. The molecule has 2 aromatic rings. The molecule has 0 fully saturated rings. The van der Waals surface area contributed by atoms with Crippen molar-refractivity contribution in [3.05, 3.63) is 58.6 Å². The number of nitrogens with zero attached hydrogens (tertiary/aromatic N) is 1. The van der Waals surface area contributed by atoms with Gasteiger partial charge in [-0.15, -0.1) is 0 Å². The first-order chi connectivity index (χ1) is 9.10. The number of hydrogen-bond acceptors (Lipinski definition) is 3. The summed E-state index contributed by atoms with van der Waals surface area (Å²) in [6.45, 7) is 2.01. The van der Waals surface area contributed by atoms with Crippen LogP contribution in [0.15, 0.2) is 42.5 Å². The van der Waals surface area contributed by atoms with Crippen LogP contribution in [0.3, 0.4) is 0 Å². The minimum atomic E-state index is 0.0737. The van der Waals surface area contributed by atoms with Crippen molar-refractivity contribution in [1.29, 1.82) is 5.26 Å². The molecule has 1 unspecified atom stereocenters. The van der Waals surface area contributed by atoms with Crippen LogP contribution in [0.2, 0.25) is 5.02 Å². The van der Waals surface area contributed by atoms with E-state index >= 15 is 0 Å². The van der Waals surface area contributed by atoms with E-state index in [1.54, 1.807) is 24.3 Å². The van der Waals surface area contributed by atoms with E-state index in [1.165, 1.54) is 0 Å². The molecule has 0 saturated carbocycles. The molecule has 2 N–H and O–H groups in total. The lowest BCUT2D eigenvalue weighted by Crippen LogP contribution is -2.06. The van der Waals surface area contributed by atoms with Crippen LogP contribution in [0, 0.1) is 11.3 Å². The van der Waals surface area contributed by atoms with Crippen molar-refractivity contribution in [2.75, 3.05) is 5.32 Å². The highest BCUT2D eigenvalue weighted by atomic mass is 35.5. The first kappa shape index (κ1) is 13.3. The molecule has 0 amide bonds. The number of halogens is 1. The Morgan fingerprint density at radius 1 is 1.21 bits per heavy atom. The Morgan fingerprint density at radius 3 is 2.47 bits per heavy atom. The largest absolute Gasteiger partial charge is 0.508 e. The zero-order chi connectivity index (χ0) is 13.8. The van der Waals surface area contributed by atoms with Gasteiger partial charge in [0, 0.05) is 11.7 Å². The van der Waals surface area contributed by atoms with Gasteiger partial charge in [0.05, 0.1) is 10.6 Å². The molecule has 1 atom stereocenters. The maximum atomic E-state index is 9.25. The molecule has 0 radical (unpaired) electrons. The molecular weight excluding hydrogens is 260 g/mol. The van der Waals surface area contributed by atoms with Gasteiger partial charge in [-0.3, -0.25) is 0 Å². The molecule has 2 aromatic carbocycles. The summed E-state index contributed by atoms with van der Waals surface area (Å²) in [7, 11) is 0. The third-order valence-corrected chi connectivity index (χ3v) is 3.18. The predicted molar refractivity (Wildman–Crippen MR) is 76.3 cm³/mol. The highest BCUT2D eigenvalue weighted by Crippen LogP contribution is 2.25. The van der Waals surface area contributed by atoms with Gasteiger partial charge in [0.25, 0.3) is 0 Å². The average Bonchev–Trinajstić information content (AvgIpc) is 2.39. The predicted octanol–water partition coefficient (Wildman–Crippen LogP) is 4.09. The van der Waals surface area contributed by atoms with Gasteiger partial charge in [0.2, 0.25) is 0 Å². The van der Waals surface area contributed by atoms with Crippen molar-refractivity contribution in [3.8, 4) is 11.8 Å². The number of nitrogens with one attached hydrogen (secondary N) is 1. The van der Waals surface area contributed by atoms with E-state index in [9.17, 15) is 5.11 Å². The Bertz CT molecular complexity index is 617. The Balaban J connectivity index is 2.15. The van der Waals surface area contributed by atoms with Gasteiger partial charge in [-0.2, -0.15) is 5.26 Å². The van der Waals surface area contributed by atoms with Crippen LogP contribution < -0.4 is 5.32 Å². The van der Waals surface area contributed by atoms with Crippen LogP contribution >= 0.6 is 11.6 Å². The third-order valence-electron chi connectivity index (χ3n) is 2.87. The standard InChI is InChI=1S/C15H13ClN2O/c1-10(11-3-6-14(19)7-4-11)18-13-5-2-12(9-17)15(16)8-13/h2-8,10,18-19H,1H3. The molecule has 4 heteroatoms. The second-order valence-electron chi connectivity index (χ2n) is 4.26. The van der Waals surface area contributed by atoms with E-state index in [2.05, 4.69) is 5.32 Å². The molecule has 2 rings (SSSR count). The zero-order valence-corrected chi connectivity index (χ0v) is 11.1. The molecule has 96 valence electrons. The van der Waals surface area contributed by atoms with Crippen molar-refractivity contribution >= 4 is 17.3 Å². The fourth-order valence-electron chi connectivity index (χ4n) is 1.79. The Morgan fingerprint density at radius 2 is 1.89 bits per heavy atom. The molecule has 0 heterocycles. The van der Waals surface area contributed by atoms with Crippen molar-refractivity contribution in [2.45, 2.75) is 13.0 Å². The summed E-state index contributed by atoms with van der Waals surface area (Å²) >= 11 is 5.98. The van der Waals surface area contributed by atoms with Crippen molar-refractivity contribution in [3.63, 3.8) is 0 Å². The number of phenols is 1. The number of benzene rings is 2. The summed E-state index contributed by atoms with van der Waals surface area (Å²) < 4.78 is 0. The normalized spacial score (nSPS) is 11.6. The second-order valence-corrected chi connectivity index (χ2v) is 4.67. The van der Waals surface area contributed by atoms with E-state index in [0.717, 1.165) is 11.3 Å². The first-order valence-electron chi connectivity index (χ1n) is 5.85. The molecule has 0 aliphatic carbocycles. The Kier molecular flexibility index (Phi) is 3.94. The molecule has 0 saturated heterocycles. The van der Waals surface area contributed by atoms with Gasteiger partial charge in [0.15, 0.2) is 0 Å². The van der Waals surface area contributed by atoms with E-state index in [1.807, 2.05) is 31.2 Å². The molecule has 0 spiro atoms. The number of phenolic OH excluding ortho intramolecular Hbond substituents is 1. The first-order valence-corrected chi connectivity index (χ1v) is 6.23. The Hall–Kier alpha value is -2.18. The molecule has 0 aromatic heterocycles. The topological polar surface area (TPSA) is 56.0 Å². The third kappa shape index (κ3) is 3.18. The van der Waals surface area contributed by atoms with Gasteiger partial charge in [-0.25, -0.2) is 0 Å². The van der Waals surface area contributed by atoms with Crippen molar-refractivity contribution in [1.82, 2.24) is 0 Å². The highest BCUT2D eigenvalue weighted by molar-refractivity contribution is 6.32. The fraction of sp³-hybridized carbons (Fsp3) is 0.133. The summed E-state index contributed by atoms with van der Waals surface area (Å²) in [4.78, 5) is 0. The quantitative estimate of drug-likeness (QED) is 0.885. The van der Waals surface area contributed by atoms with Crippen LogP contribution in [0.5, 0.6) is 5.75 Å². The summed E-state index contributed by atoms with van der Waals surface area (Å²) in [6, 6.07) is 14.4. The van der Waals surface area contributed by atoms with Gasteiger partial charge in [-0.1, -0.05) is 23.7 Å². The van der Waals surface area contributed by atoms with E-state index in [0.29, 0.717) is 10.6 Å². The summed E-state index contributed by atoms with van der Waals surface area (Å²) in [5.74, 6) is 0.248. The van der Waals surface area contributed by atoms with Gasteiger partial charge < -0.3 is 10.4 Å². The second kappa shape index (κ2) is 5.64. The number of rotatable bonds is 3. The SMILES string of the molecule is CC(Nc1ccc(C#N)c(Cl)c1)c1ccc(O)cc1. The average molecular weight is 273 g/mol. The molecule has 19 heavy (non-hydrogen) atoms. The number of hydrogen-bond donors (Lipinski definition) is 2. The maximum Gasteiger partial charge on any atom is 0.115 e. The monoisotopic (exact) mass is 272 g/mol. The molecule has 3 nitrogen and oxygen atoms in total. The molecular formula is C15H13ClN2O. The summed E-state index contributed by atoms with van der Waals surface area (Å²) in [6.07, 6.45) is 0. The minimum Gasteiger partial charge on any atom is -0.508 e. The van der Waals surface area contributed by atoms with Crippen LogP contribution in [0.1, 0.15) is 24.1 Å². The van der Waals surface area contributed by atoms with Gasteiger partial charge in [0.1, 0.15) is 11.8 Å². The minimum absolute atomic E-state index is 0.0737. The van der Waals surface area contributed by atoms with E-state index in [-0.39, 0.29) is 11.8 Å².